The molecule has 1 aromatic rings. The molecule has 1 unspecified atom stereocenters. The fraction of sp³-hybridized carbons (Fsp3) is 0.688. The van der Waals surface area contributed by atoms with Crippen LogP contribution in [-0.4, -0.2) is 11.9 Å². The zero-order valence-corrected chi connectivity index (χ0v) is 13.6. The first-order valence-corrected chi connectivity index (χ1v) is 8.28. The molecular formula is C16H26N2OS. The van der Waals surface area contributed by atoms with Crippen LogP contribution in [0.2, 0.25) is 0 Å². The maximum atomic E-state index is 11.9. The van der Waals surface area contributed by atoms with Crippen molar-refractivity contribution in [1.82, 2.24) is 5.32 Å². The lowest BCUT2D eigenvalue weighted by molar-refractivity contribution is -0.121. The number of nitrogens with one attached hydrogen (secondary N) is 1. The lowest BCUT2D eigenvalue weighted by Gasteiger charge is -2.22. The predicted octanol–water partition coefficient (Wildman–Crippen LogP) is 3.01. The van der Waals surface area contributed by atoms with Gasteiger partial charge >= 0.3 is 0 Å². The van der Waals surface area contributed by atoms with Gasteiger partial charge in [-0.15, -0.1) is 11.3 Å². The summed E-state index contributed by atoms with van der Waals surface area (Å²) in [6, 6.07) is 2.20. The number of nitrogens with two attached hydrogens (primary N) is 1. The van der Waals surface area contributed by atoms with Crippen LogP contribution in [0, 0.1) is 5.41 Å². The van der Waals surface area contributed by atoms with E-state index in [-0.39, 0.29) is 17.4 Å². The summed E-state index contributed by atoms with van der Waals surface area (Å²) in [7, 11) is 0. The monoisotopic (exact) mass is 294 g/mol. The van der Waals surface area contributed by atoms with Gasteiger partial charge in [-0.05, 0) is 42.7 Å². The molecule has 20 heavy (non-hydrogen) atoms. The quantitative estimate of drug-likeness (QED) is 0.877. The molecule has 1 heterocycles. The van der Waals surface area contributed by atoms with E-state index in [1.165, 1.54) is 34.6 Å². The van der Waals surface area contributed by atoms with Gasteiger partial charge in [-0.25, -0.2) is 0 Å². The number of fused-ring (bicyclic) bond motifs is 1. The van der Waals surface area contributed by atoms with Crippen molar-refractivity contribution in [1.29, 1.82) is 0 Å². The Morgan fingerprint density at radius 3 is 2.85 bits per heavy atom. The van der Waals surface area contributed by atoms with Crippen molar-refractivity contribution in [2.24, 2.45) is 11.1 Å². The van der Waals surface area contributed by atoms with Crippen LogP contribution in [0.5, 0.6) is 0 Å². The Hall–Kier alpha value is -0.870. The van der Waals surface area contributed by atoms with E-state index < -0.39 is 0 Å². The summed E-state index contributed by atoms with van der Waals surface area (Å²) in [5.74, 6) is 0.0651. The molecule has 2 rings (SSSR count). The van der Waals surface area contributed by atoms with Gasteiger partial charge in [0.25, 0.3) is 0 Å². The molecule has 0 radical (unpaired) electrons. The molecule has 0 saturated carbocycles. The topological polar surface area (TPSA) is 55.1 Å². The Kier molecular flexibility index (Phi) is 4.86. The molecule has 1 aromatic heterocycles. The highest BCUT2D eigenvalue weighted by Gasteiger charge is 2.19. The van der Waals surface area contributed by atoms with Gasteiger partial charge in [0.15, 0.2) is 0 Å². The number of carbonyl (C=O) groups is 1. The Balaban J connectivity index is 1.74. The second-order valence-electron chi connectivity index (χ2n) is 7.02. The molecule has 112 valence electrons. The van der Waals surface area contributed by atoms with Crippen LogP contribution in [0.1, 0.15) is 55.4 Å². The van der Waals surface area contributed by atoms with Crippen LogP contribution < -0.4 is 11.1 Å². The van der Waals surface area contributed by atoms with Crippen molar-refractivity contribution in [2.45, 2.75) is 65.5 Å². The van der Waals surface area contributed by atoms with Crippen molar-refractivity contribution in [3.63, 3.8) is 0 Å². The zero-order chi connectivity index (χ0) is 14.8. The smallest absolute Gasteiger partial charge is 0.221 e. The van der Waals surface area contributed by atoms with Gasteiger partial charge in [0.05, 0.1) is 6.54 Å². The number of carbonyl (C=O) groups excluding carboxylic acids is 1. The lowest BCUT2D eigenvalue weighted by Crippen LogP contribution is -2.33. The van der Waals surface area contributed by atoms with Gasteiger partial charge in [-0.1, -0.05) is 20.8 Å². The molecule has 0 aromatic carbocycles. The third-order valence-corrected chi connectivity index (χ3v) is 4.82. The van der Waals surface area contributed by atoms with Crippen LogP contribution >= 0.6 is 11.3 Å². The summed E-state index contributed by atoms with van der Waals surface area (Å²) in [5, 5.41) is 3.00. The van der Waals surface area contributed by atoms with E-state index in [1.54, 1.807) is 0 Å². The van der Waals surface area contributed by atoms with Crippen molar-refractivity contribution in [3.8, 4) is 0 Å². The average Bonchev–Trinajstić information content (AvgIpc) is 2.82. The van der Waals surface area contributed by atoms with Crippen LogP contribution in [0.15, 0.2) is 6.07 Å². The second kappa shape index (κ2) is 6.27. The van der Waals surface area contributed by atoms with Gasteiger partial charge in [0, 0.05) is 22.2 Å². The van der Waals surface area contributed by atoms with Crippen molar-refractivity contribution < 1.29 is 4.79 Å². The normalized spacial score (nSPS) is 16.0. The first kappa shape index (κ1) is 15.5. The molecule has 0 saturated heterocycles. The molecule has 0 spiro atoms. The molecule has 4 heteroatoms. The standard InChI is InChI=1S/C16H26N2OS/c1-16(2,3)9-12(17)8-15(19)18-10-13-7-11-5-4-6-14(11)20-13/h7,12H,4-6,8-10,17H2,1-3H3,(H,18,19). The highest BCUT2D eigenvalue weighted by atomic mass is 32.1. The van der Waals surface area contributed by atoms with Crippen LogP contribution in [-0.2, 0) is 24.2 Å². The molecule has 1 aliphatic rings. The Morgan fingerprint density at radius 2 is 2.20 bits per heavy atom. The summed E-state index contributed by atoms with van der Waals surface area (Å²) in [6.45, 7) is 7.10. The summed E-state index contributed by atoms with van der Waals surface area (Å²) >= 11 is 1.85. The highest BCUT2D eigenvalue weighted by Crippen LogP contribution is 2.30. The molecule has 1 aliphatic carbocycles. The van der Waals surface area contributed by atoms with Crippen LogP contribution in [0.3, 0.4) is 0 Å². The van der Waals surface area contributed by atoms with Crippen molar-refractivity contribution >= 4 is 17.2 Å². The summed E-state index contributed by atoms with van der Waals surface area (Å²) < 4.78 is 0. The largest absolute Gasteiger partial charge is 0.351 e. The number of rotatable bonds is 5. The van der Waals surface area contributed by atoms with Crippen molar-refractivity contribution in [2.75, 3.05) is 0 Å². The summed E-state index contributed by atoms with van der Waals surface area (Å²) in [5.41, 5.74) is 7.69. The summed E-state index contributed by atoms with van der Waals surface area (Å²) in [4.78, 5) is 14.7. The van der Waals surface area contributed by atoms with Crippen LogP contribution in [0.25, 0.3) is 0 Å². The minimum absolute atomic E-state index is 0.0525. The van der Waals surface area contributed by atoms with Crippen molar-refractivity contribution in [3.05, 3.63) is 21.4 Å². The van der Waals surface area contributed by atoms with E-state index >= 15 is 0 Å². The number of hydrogen-bond acceptors (Lipinski definition) is 3. The Labute approximate surface area is 125 Å². The number of hydrogen-bond donors (Lipinski definition) is 2. The minimum atomic E-state index is -0.0525. The van der Waals surface area contributed by atoms with Gasteiger partial charge in [0.2, 0.25) is 5.91 Å². The van der Waals surface area contributed by atoms with Gasteiger partial charge in [0.1, 0.15) is 0 Å². The molecule has 3 N–H and O–H groups in total. The minimum Gasteiger partial charge on any atom is -0.351 e. The maximum absolute atomic E-state index is 11.9. The Morgan fingerprint density at radius 1 is 1.45 bits per heavy atom. The van der Waals surface area contributed by atoms with E-state index in [1.807, 2.05) is 11.3 Å². The lowest BCUT2D eigenvalue weighted by atomic mass is 9.87. The molecule has 0 aliphatic heterocycles. The average molecular weight is 294 g/mol. The molecule has 0 fully saturated rings. The fourth-order valence-electron chi connectivity index (χ4n) is 2.83. The van der Waals surface area contributed by atoms with Gasteiger partial charge < -0.3 is 11.1 Å². The van der Waals surface area contributed by atoms with Gasteiger partial charge in [-0.3, -0.25) is 4.79 Å². The SMILES string of the molecule is CC(C)(C)CC(N)CC(=O)NCc1cc2c(s1)CCC2. The van der Waals surface area contributed by atoms with Gasteiger partial charge in [-0.2, -0.15) is 0 Å². The van der Waals surface area contributed by atoms with E-state index in [4.69, 9.17) is 5.73 Å². The predicted molar refractivity (Wildman–Crippen MR) is 84.9 cm³/mol. The van der Waals surface area contributed by atoms with E-state index in [0.29, 0.717) is 13.0 Å². The first-order chi connectivity index (χ1) is 9.33. The van der Waals surface area contributed by atoms with E-state index in [0.717, 1.165) is 6.42 Å². The number of amides is 1. The molecule has 0 bridgehead atoms. The third kappa shape index (κ3) is 4.60. The molecule has 3 nitrogen and oxygen atoms in total. The molecular weight excluding hydrogens is 268 g/mol. The third-order valence-electron chi connectivity index (χ3n) is 3.58. The second-order valence-corrected chi connectivity index (χ2v) is 8.24. The van der Waals surface area contributed by atoms with Crippen LogP contribution in [0.4, 0.5) is 0 Å². The zero-order valence-electron chi connectivity index (χ0n) is 12.8. The maximum Gasteiger partial charge on any atom is 0.221 e. The molecule has 1 atom stereocenters. The fourth-order valence-corrected chi connectivity index (χ4v) is 4.03. The highest BCUT2D eigenvalue weighted by molar-refractivity contribution is 7.12. The first-order valence-electron chi connectivity index (χ1n) is 7.46. The van der Waals surface area contributed by atoms with E-state index in [2.05, 4.69) is 32.2 Å². The Bertz CT molecular complexity index is 452. The summed E-state index contributed by atoms with van der Waals surface area (Å²) in [6.07, 6.45) is 4.99. The number of aryl methyl sites for hydroxylation is 2. The number of thiophene rings is 1. The molecule has 1 amide bonds. The van der Waals surface area contributed by atoms with E-state index in [9.17, 15) is 4.79 Å².